The Labute approximate surface area is 101 Å². The summed E-state index contributed by atoms with van der Waals surface area (Å²) in [4.78, 5) is 15.5. The number of ether oxygens (including phenoxy) is 1. The van der Waals surface area contributed by atoms with Crippen LogP contribution in [0, 0.1) is 0 Å². The number of esters is 1. The maximum atomic E-state index is 11.5. The van der Waals surface area contributed by atoms with Crippen molar-refractivity contribution in [2.24, 2.45) is 0 Å². The van der Waals surface area contributed by atoms with Gasteiger partial charge in [0.15, 0.2) is 0 Å². The van der Waals surface area contributed by atoms with E-state index in [-0.39, 0.29) is 12.6 Å². The SMILES string of the molecule is CCOC(=O)c1nccn1CCCCCCO. The summed E-state index contributed by atoms with van der Waals surface area (Å²) >= 11 is 0. The molecule has 0 aromatic carbocycles. The molecule has 0 saturated carbocycles. The van der Waals surface area contributed by atoms with Crippen molar-refractivity contribution in [3.05, 3.63) is 18.2 Å². The van der Waals surface area contributed by atoms with Gasteiger partial charge in [0, 0.05) is 25.5 Å². The fourth-order valence-electron chi connectivity index (χ4n) is 1.62. The lowest BCUT2D eigenvalue weighted by molar-refractivity contribution is 0.0506. The van der Waals surface area contributed by atoms with Crippen LogP contribution in [0.25, 0.3) is 0 Å². The zero-order chi connectivity index (χ0) is 12.5. The molecule has 1 aromatic heterocycles. The molecule has 1 rings (SSSR count). The second kappa shape index (κ2) is 7.84. The van der Waals surface area contributed by atoms with Crippen molar-refractivity contribution in [3.63, 3.8) is 0 Å². The minimum atomic E-state index is -0.368. The van der Waals surface area contributed by atoms with Gasteiger partial charge < -0.3 is 14.4 Å². The molecule has 0 atom stereocenters. The molecule has 5 heteroatoms. The second-order valence-electron chi connectivity index (χ2n) is 3.80. The number of rotatable bonds is 8. The van der Waals surface area contributed by atoms with Gasteiger partial charge in [0.2, 0.25) is 5.82 Å². The van der Waals surface area contributed by atoms with E-state index >= 15 is 0 Å². The molecule has 0 aliphatic heterocycles. The van der Waals surface area contributed by atoms with E-state index in [4.69, 9.17) is 9.84 Å². The van der Waals surface area contributed by atoms with Crippen molar-refractivity contribution < 1.29 is 14.6 Å². The Kier molecular flexibility index (Phi) is 6.32. The number of hydrogen-bond acceptors (Lipinski definition) is 4. The highest BCUT2D eigenvalue weighted by Gasteiger charge is 2.12. The van der Waals surface area contributed by atoms with Crippen molar-refractivity contribution in [2.45, 2.75) is 39.2 Å². The van der Waals surface area contributed by atoms with Crippen LogP contribution in [0.4, 0.5) is 0 Å². The predicted octanol–water partition coefficient (Wildman–Crippen LogP) is 1.61. The normalized spacial score (nSPS) is 10.5. The third-order valence-electron chi connectivity index (χ3n) is 2.48. The molecule has 0 aliphatic carbocycles. The van der Waals surface area contributed by atoms with E-state index in [1.54, 1.807) is 19.3 Å². The molecular weight excluding hydrogens is 220 g/mol. The van der Waals surface area contributed by atoms with Crippen molar-refractivity contribution in [2.75, 3.05) is 13.2 Å². The summed E-state index contributed by atoms with van der Waals surface area (Å²) in [6.45, 7) is 3.15. The monoisotopic (exact) mass is 240 g/mol. The third kappa shape index (κ3) is 4.56. The number of unbranched alkanes of at least 4 members (excludes halogenated alkanes) is 3. The molecule has 0 saturated heterocycles. The van der Waals surface area contributed by atoms with E-state index in [0.29, 0.717) is 12.4 Å². The standard InChI is InChI=1S/C12H20N2O3/c1-2-17-12(16)11-13-7-9-14(11)8-5-3-4-6-10-15/h7,9,15H,2-6,8,10H2,1H3. The molecule has 1 heterocycles. The molecule has 96 valence electrons. The second-order valence-corrected chi connectivity index (χ2v) is 3.80. The van der Waals surface area contributed by atoms with Crippen LogP contribution in [0.5, 0.6) is 0 Å². The number of hydrogen-bond donors (Lipinski definition) is 1. The summed E-state index contributed by atoms with van der Waals surface area (Å²) in [5.74, 6) is 0.00173. The Morgan fingerprint density at radius 3 is 2.88 bits per heavy atom. The van der Waals surface area contributed by atoms with Crippen LogP contribution in [-0.4, -0.2) is 33.8 Å². The fourth-order valence-corrected chi connectivity index (χ4v) is 1.62. The Morgan fingerprint density at radius 2 is 2.18 bits per heavy atom. The lowest BCUT2D eigenvalue weighted by atomic mass is 10.2. The fraction of sp³-hybridized carbons (Fsp3) is 0.667. The summed E-state index contributed by atoms with van der Waals surface area (Å²) in [5.41, 5.74) is 0. The Balaban J connectivity index is 2.38. The van der Waals surface area contributed by atoms with Crippen LogP contribution in [0.3, 0.4) is 0 Å². The highest BCUT2D eigenvalue weighted by Crippen LogP contribution is 2.05. The van der Waals surface area contributed by atoms with Crippen molar-refractivity contribution in [1.82, 2.24) is 9.55 Å². The first-order valence-electron chi connectivity index (χ1n) is 6.08. The van der Waals surface area contributed by atoms with E-state index < -0.39 is 0 Å². The molecule has 0 bridgehead atoms. The van der Waals surface area contributed by atoms with Crippen LogP contribution < -0.4 is 0 Å². The summed E-state index contributed by atoms with van der Waals surface area (Å²) in [6.07, 6.45) is 7.27. The molecule has 1 N–H and O–H groups in total. The van der Waals surface area contributed by atoms with Crippen molar-refractivity contribution in [3.8, 4) is 0 Å². The number of aliphatic hydroxyl groups is 1. The molecule has 0 spiro atoms. The van der Waals surface area contributed by atoms with Gasteiger partial charge in [-0.25, -0.2) is 9.78 Å². The summed E-state index contributed by atoms with van der Waals surface area (Å²) < 4.78 is 6.73. The van der Waals surface area contributed by atoms with Gasteiger partial charge in [-0.1, -0.05) is 12.8 Å². The third-order valence-corrected chi connectivity index (χ3v) is 2.48. The largest absolute Gasteiger partial charge is 0.460 e. The van der Waals surface area contributed by atoms with Gasteiger partial charge in [-0.3, -0.25) is 0 Å². The first-order chi connectivity index (χ1) is 8.29. The quantitative estimate of drug-likeness (QED) is 0.554. The number of nitrogens with zero attached hydrogens (tertiary/aromatic N) is 2. The van der Waals surface area contributed by atoms with E-state index in [2.05, 4.69) is 4.98 Å². The molecule has 0 fully saturated rings. The minimum Gasteiger partial charge on any atom is -0.460 e. The lowest BCUT2D eigenvalue weighted by Crippen LogP contribution is -2.13. The van der Waals surface area contributed by atoms with Crippen LogP contribution in [-0.2, 0) is 11.3 Å². The van der Waals surface area contributed by atoms with E-state index in [0.717, 1.165) is 32.2 Å². The number of carbonyl (C=O) groups is 1. The van der Waals surface area contributed by atoms with Gasteiger partial charge >= 0.3 is 5.97 Å². The number of aryl methyl sites for hydroxylation is 1. The van der Waals surface area contributed by atoms with E-state index in [1.807, 2.05) is 4.57 Å². The van der Waals surface area contributed by atoms with Crippen molar-refractivity contribution in [1.29, 1.82) is 0 Å². The zero-order valence-electron chi connectivity index (χ0n) is 10.3. The number of aliphatic hydroxyl groups excluding tert-OH is 1. The predicted molar refractivity (Wildman–Crippen MR) is 63.7 cm³/mol. The van der Waals surface area contributed by atoms with Crippen LogP contribution in [0.15, 0.2) is 12.4 Å². The van der Waals surface area contributed by atoms with E-state index in [1.165, 1.54) is 0 Å². The molecule has 17 heavy (non-hydrogen) atoms. The van der Waals surface area contributed by atoms with Gasteiger partial charge in [0.05, 0.1) is 6.61 Å². The van der Waals surface area contributed by atoms with Crippen LogP contribution >= 0.6 is 0 Å². The number of imidazole rings is 1. The highest BCUT2D eigenvalue weighted by molar-refractivity contribution is 5.85. The molecule has 0 unspecified atom stereocenters. The molecule has 1 aromatic rings. The Hall–Kier alpha value is -1.36. The highest BCUT2D eigenvalue weighted by atomic mass is 16.5. The number of carbonyl (C=O) groups excluding carboxylic acids is 1. The zero-order valence-corrected chi connectivity index (χ0v) is 10.3. The van der Waals surface area contributed by atoms with Crippen LogP contribution in [0.1, 0.15) is 43.2 Å². The van der Waals surface area contributed by atoms with Gasteiger partial charge in [0.25, 0.3) is 0 Å². The Morgan fingerprint density at radius 1 is 1.41 bits per heavy atom. The Bertz CT molecular complexity index is 336. The average molecular weight is 240 g/mol. The van der Waals surface area contributed by atoms with Crippen molar-refractivity contribution >= 4 is 5.97 Å². The molecule has 0 amide bonds. The first-order valence-corrected chi connectivity index (χ1v) is 6.08. The summed E-state index contributed by atoms with van der Waals surface area (Å²) in [7, 11) is 0. The topological polar surface area (TPSA) is 64.3 Å². The van der Waals surface area contributed by atoms with Gasteiger partial charge in [-0.05, 0) is 19.8 Å². The van der Waals surface area contributed by atoms with Gasteiger partial charge in [0.1, 0.15) is 0 Å². The average Bonchev–Trinajstić information content (AvgIpc) is 2.77. The summed E-state index contributed by atoms with van der Waals surface area (Å²) in [5, 5.41) is 8.65. The van der Waals surface area contributed by atoms with Gasteiger partial charge in [-0.15, -0.1) is 0 Å². The minimum absolute atomic E-state index is 0.249. The lowest BCUT2D eigenvalue weighted by Gasteiger charge is -2.06. The maximum absolute atomic E-state index is 11.5. The van der Waals surface area contributed by atoms with E-state index in [9.17, 15) is 4.79 Å². The smallest absolute Gasteiger partial charge is 0.374 e. The molecule has 0 aliphatic rings. The number of aromatic nitrogens is 2. The molecule has 5 nitrogen and oxygen atoms in total. The maximum Gasteiger partial charge on any atom is 0.374 e. The molecular formula is C12H20N2O3. The summed E-state index contributed by atoms with van der Waals surface area (Å²) in [6, 6.07) is 0. The first kappa shape index (κ1) is 13.7. The van der Waals surface area contributed by atoms with Gasteiger partial charge in [-0.2, -0.15) is 0 Å². The molecule has 0 radical (unpaired) electrons. The van der Waals surface area contributed by atoms with Crippen LogP contribution in [0.2, 0.25) is 0 Å².